The number of hydrogen-bond donors (Lipinski definition) is 0. The minimum Gasteiger partial charge on any atom is -0.336 e. The Morgan fingerprint density at radius 1 is 1.38 bits per heavy atom. The Labute approximate surface area is 129 Å². The van der Waals surface area contributed by atoms with Gasteiger partial charge in [-0.05, 0) is 20.8 Å². The van der Waals surface area contributed by atoms with Crippen LogP contribution in [0, 0.1) is 13.8 Å². The van der Waals surface area contributed by atoms with E-state index in [0.717, 1.165) is 17.0 Å². The van der Waals surface area contributed by atoms with E-state index < -0.39 is 0 Å². The average Bonchev–Trinajstić information content (AvgIpc) is 2.93. The number of aryl methyl sites for hydroxylation is 3. The molecule has 0 saturated heterocycles. The summed E-state index contributed by atoms with van der Waals surface area (Å²) >= 11 is 6.09. The van der Waals surface area contributed by atoms with Gasteiger partial charge in [-0.15, -0.1) is 0 Å². The number of carbonyl (C=O) groups excluding carboxylic acids is 1. The SMILES string of the molecule is CCn1cc(Cl)c(C(=O)N(C)Cc2c(C)nn(C)c2C)n1. The first-order valence-corrected chi connectivity index (χ1v) is 7.20. The lowest BCUT2D eigenvalue weighted by Crippen LogP contribution is -2.27. The summed E-state index contributed by atoms with van der Waals surface area (Å²) in [4.78, 5) is 14.1. The van der Waals surface area contributed by atoms with E-state index in [1.54, 1.807) is 22.8 Å². The van der Waals surface area contributed by atoms with Crippen LogP contribution in [0.1, 0.15) is 34.4 Å². The van der Waals surface area contributed by atoms with Gasteiger partial charge in [-0.1, -0.05) is 11.6 Å². The first-order valence-electron chi connectivity index (χ1n) is 6.82. The van der Waals surface area contributed by atoms with Crippen molar-refractivity contribution >= 4 is 17.5 Å². The fourth-order valence-electron chi connectivity index (χ4n) is 2.24. The third kappa shape index (κ3) is 2.95. The van der Waals surface area contributed by atoms with Gasteiger partial charge in [0, 0.05) is 44.6 Å². The highest BCUT2D eigenvalue weighted by molar-refractivity contribution is 6.33. The van der Waals surface area contributed by atoms with Gasteiger partial charge in [0.2, 0.25) is 0 Å². The Hall–Kier alpha value is -1.82. The largest absolute Gasteiger partial charge is 0.336 e. The molecule has 114 valence electrons. The van der Waals surface area contributed by atoms with Crippen molar-refractivity contribution in [1.82, 2.24) is 24.5 Å². The summed E-state index contributed by atoms with van der Waals surface area (Å²) in [7, 11) is 3.64. The van der Waals surface area contributed by atoms with Crippen molar-refractivity contribution in [3.05, 3.63) is 33.9 Å². The molecule has 0 atom stereocenters. The average molecular weight is 310 g/mol. The van der Waals surface area contributed by atoms with Gasteiger partial charge in [0.25, 0.3) is 5.91 Å². The summed E-state index contributed by atoms with van der Waals surface area (Å²) < 4.78 is 3.48. The Morgan fingerprint density at radius 3 is 2.52 bits per heavy atom. The quantitative estimate of drug-likeness (QED) is 0.870. The van der Waals surface area contributed by atoms with Crippen molar-refractivity contribution in [1.29, 1.82) is 0 Å². The predicted octanol–water partition coefficient (Wildman–Crippen LogP) is 2.18. The van der Waals surface area contributed by atoms with Crippen LogP contribution in [0.5, 0.6) is 0 Å². The highest BCUT2D eigenvalue weighted by Gasteiger charge is 2.21. The van der Waals surface area contributed by atoms with E-state index in [4.69, 9.17) is 11.6 Å². The zero-order valence-corrected chi connectivity index (χ0v) is 13.8. The number of nitrogens with zero attached hydrogens (tertiary/aromatic N) is 5. The van der Waals surface area contributed by atoms with Crippen LogP contribution in [-0.2, 0) is 20.1 Å². The lowest BCUT2D eigenvalue weighted by atomic mass is 10.2. The zero-order valence-electron chi connectivity index (χ0n) is 13.0. The molecule has 0 aliphatic rings. The molecular weight excluding hydrogens is 290 g/mol. The lowest BCUT2D eigenvalue weighted by molar-refractivity contribution is 0.0778. The van der Waals surface area contributed by atoms with Gasteiger partial charge in [0.1, 0.15) is 0 Å². The fourth-order valence-corrected chi connectivity index (χ4v) is 2.47. The Bertz CT molecular complexity index is 673. The monoisotopic (exact) mass is 309 g/mol. The minimum atomic E-state index is -0.185. The third-order valence-electron chi connectivity index (χ3n) is 3.64. The van der Waals surface area contributed by atoms with E-state index in [0.29, 0.717) is 23.8 Å². The number of rotatable bonds is 4. The standard InChI is InChI=1S/C14H20ClN5O/c1-6-20-8-12(15)13(17-20)14(21)18(4)7-11-9(2)16-19(5)10(11)3/h8H,6-7H2,1-5H3. The van der Waals surface area contributed by atoms with Crippen LogP contribution in [0.15, 0.2) is 6.20 Å². The van der Waals surface area contributed by atoms with Gasteiger partial charge in [0.15, 0.2) is 5.69 Å². The molecule has 0 unspecified atom stereocenters. The fraction of sp³-hybridized carbons (Fsp3) is 0.500. The second-order valence-electron chi connectivity index (χ2n) is 5.12. The number of halogens is 1. The van der Waals surface area contributed by atoms with Crippen molar-refractivity contribution in [3.8, 4) is 0 Å². The highest BCUT2D eigenvalue weighted by atomic mass is 35.5. The highest BCUT2D eigenvalue weighted by Crippen LogP contribution is 2.19. The second-order valence-corrected chi connectivity index (χ2v) is 5.52. The number of aromatic nitrogens is 4. The van der Waals surface area contributed by atoms with Crippen molar-refractivity contribution in [2.45, 2.75) is 33.9 Å². The topological polar surface area (TPSA) is 56.0 Å². The van der Waals surface area contributed by atoms with E-state index in [-0.39, 0.29) is 5.91 Å². The van der Waals surface area contributed by atoms with E-state index in [1.165, 1.54) is 0 Å². The van der Waals surface area contributed by atoms with Crippen LogP contribution in [0.4, 0.5) is 0 Å². The molecule has 0 bridgehead atoms. The molecule has 0 aliphatic carbocycles. The second kappa shape index (κ2) is 5.89. The normalized spacial score (nSPS) is 11.0. The molecule has 0 aliphatic heterocycles. The van der Waals surface area contributed by atoms with E-state index in [2.05, 4.69) is 10.2 Å². The summed E-state index contributed by atoms with van der Waals surface area (Å²) in [5, 5.41) is 8.96. The van der Waals surface area contributed by atoms with Crippen molar-refractivity contribution < 1.29 is 4.79 Å². The molecule has 0 fully saturated rings. The summed E-state index contributed by atoms with van der Waals surface area (Å²) in [6.45, 7) is 7.05. The molecular formula is C14H20ClN5O. The Kier molecular flexibility index (Phi) is 4.37. The van der Waals surface area contributed by atoms with Gasteiger partial charge in [-0.25, -0.2) is 0 Å². The number of carbonyl (C=O) groups is 1. The summed E-state index contributed by atoms with van der Waals surface area (Å²) in [5.74, 6) is -0.185. The van der Waals surface area contributed by atoms with Gasteiger partial charge in [-0.2, -0.15) is 10.2 Å². The number of hydrogen-bond acceptors (Lipinski definition) is 3. The van der Waals surface area contributed by atoms with Crippen molar-refractivity contribution in [2.75, 3.05) is 7.05 Å². The molecule has 2 aromatic heterocycles. The molecule has 0 aromatic carbocycles. The molecule has 1 amide bonds. The smallest absolute Gasteiger partial charge is 0.275 e. The molecule has 7 heteroatoms. The zero-order chi connectivity index (χ0) is 15.7. The summed E-state index contributed by atoms with van der Waals surface area (Å²) in [6, 6.07) is 0. The molecule has 2 heterocycles. The predicted molar refractivity (Wildman–Crippen MR) is 81.4 cm³/mol. The molecule has 2 aromatic rings. The Morgan fingerprint density at radius 2 is 2.05 bits per heavy atom. The molecule has 0 radical (unpaired) electrons. The molecule has 6 nitrogen and oxygen atoms in total. The van der Waals surface area contributed by atoms with Crippen LogP contribution in [-0.4, -0.2) is 37.4 Å². The lowest BCUT2D eigenvalue weighted by Gasteiger charge is -2.16. The van der Waals surface area contributed by atoms with E-state index >= 15 is 0 Å². The summed E-state index contributed by atoms with van der Waals surface area (Å²) in [5.41, 5.74) is 3.33. The first-order chi connectivity index (χ1) is 9.85. The van der Waals surface area contributed by atoms with Crippen LogP contribution >= 0.6 is 11.6 Å². The van der Waals surface area contributed by atoms with Gasteiger partial charge in [0.05, 0.1) is 10.7 Å². The third-order valence-corrected chi connectivity index (χ3v) is 3.92. The van der Waals surface area contributed by atoms with E-state index in [1.807, 2.05) is 32.5 Å². The Balaban J connectivity index is 2.21. The minimum absolute atomic E-state index is 0.185. The van der Waals surface area contributed by atoms with Crippen molar-refractivity contribution in [2.24, 2.45) is 7.05 Å². The van der Waals surface area contributed by atoms with Crippen LogP contribution < -0.4 is 0 Å². The summed E-state index contributed by atoms with van der Waals surface area (Å²) in [6.07, 6.45) is 1.67. The van der Waals surface area contributed by atoms with Crippen LogP contribution in [0.2, 0.25) is 5.02 Å². The van der Waals surface area contributed by atoms with Gasteiger partial charge >= 0.3 is 0 Å². The molecule has 2 rings (SSSR count). The van der Waals surface area contributed by atoms with E-state index in [9.17, 15) is 4.79 Å². The first kappa shape index (κ1) is 15.6. The maximum Gasteiger partial charge on any atom is 0.275 e. The number of amides is 1. The van der Waals surface area contributed by atoms with Gasteiger partial charge < -0.3 is 4.90 Å². The molecule has 21 heavy (non-hydrogen) atoms. The maximum atomic E-state index is 12.5. The molecule has 0 saturated carbocycles. The van der Waals surface area contributed by atoms with Crippen LogP contribution in [0.3, 0.4) is 0 Å². The van der Waals surface area contributed by atoms with Crippen LogP contribution in [0.25, 0.3) is 0 Å². The van der Waals surface area contributed by atoms with Gasteiger partial charge in [-0.3, -0.25) is 14.2 Å². The molecule has 0 spiro atoms. The maximum absolute atomic E-state index is 12.5. The molecule has 0 N–H and O–H groups in total. The van der Waals surface area contributed by atoms with Crippen molar-refractivity contribution in [3.63, 3.8) is 0 Å².